The van der Waals surface area contributed by atoms with Crippen molar-refractivity contribution in [2.75, 3.05) is 0 Å². The number of amides is 1. The fourth-order valence-corrected chi connectivity index (χ4v) is 3.96. The van der Waals surface area contributed by atoms with Crippen LogP contribution in [0, 0.1) is 0 Å². The molecule has 2 atom stereocenters. The first-order chi connectivity index (χ1) is 14.8. The molecule has 1 saturated carbocycles. The topological polar surface area (TPSA) is 59.5 Å². The summed E-state index contributed by atoms with van der Waals surface area (Å²) in [6.07, 6.45) is -1.21. The van der Waals surface area contributed by atoms with Gasteiger partial charge in [-0.05, 0) is 30.2 Å². The quantitative estimate of drug-likeness (QED) is 0.448. The summed E-state index contributed by atoms with van der Waals surface area (Å²) in [7, 11) is 0. The largest absolute Gasteiger partial charge is 0.464 e. The zero-order valence-electron chi connectivity index (χ0n) is 15.9. The van der Waals surface area contributed by atoms with Crippen LogP contribution in [0.15, 0.2) is 65.4 Å². The molecule has 1 fully saturated rings. The predicted molar refractivity (Wildman–Crippen MR) is 108 cm³/mol. The van der Waals surface area contributed by atoms with Gasteiger partial charge in [0.2, 0.25) is 0 Å². The van der Waals surface area contributed by atoms with E-state index in [2.05, 4.69) is 10.3 Å². The molecule has 4 aromatic rings. The molecule has 1 amide bonds. The normalized spacial score (nSPS) is 18.3. The maximum absolute atomic E-state index is 13.7. The van der Waals surface area contributed by atoms with E-state index in [-0.39, 0.29) is 34.1 Å². The maximum atomic E-state index is 13.7. The van der Waals surface area contributed by atoms with Gasteiger partial charge in [0.05, 0.1) is 11.8 Å². The molecular weight excluding hydrogens is 431 g/mol. The Morgan fingerprint density at radius 3 is 2.65 bits per heavy atom. The highest BCUT2D eigenvalue weighted by atomic mass is 35.5. The first-order valence-electron chi connectivity index (χ1n) is 9.51. The summed E-state index contributed by atoms with van der Waals surface area (Å²) < 4.78 is 47.4. The van der Waals surface area contributed by atoms with E-state index in [1.807, 2.05) is 30.3 Å². The standard InChI is InChI=1S/C22H15ClF3N3O2/c23-19-18(21(30)27-16-10-14(16)12-5-2-1-3-6-12)28-20-15(22(24,25)26)9-13(11-29(19)20)17-7-4-8-31-17/h1-9,11,14,16H,10H2,(H,27,30)/t14-,16+/m1/s1. The molecule has 0 radical (unpaired) electrons. The second-order valence-corrected chi connectivity index (χ2v) is 7.75. The number of hydrogen-bond acceptors (Lipinski definition) is 3. The summed E-state index contributed by atoms with van der Waals surface area (Å²) in [5, 5.41) is 2.63. The third-order valence-electron chi connectivity index (χ3n) is 5.32. The Labute approximate surface area is 179 Å². The van der Waals surface area contributed by atoms with Crippen molar-refractivity contribution in [2.45, 2.75) is 24.6 Å². The Morgan fingerprint density at radius 1 is 1.19 bits per heavy atom. The van der Waals surface area contributed by atoms with E-state index < -0.39 is 23.3 Å². The van der Waals surface area contributed by atoms with Gasteiger partial charge < -0.3 is 9.73 Å². The molecule has 0 aliphatic heterocycles. The van der Waals surface area contributed by atoms with Gasteiger partial charge in [-0.2, -0.15) is 13.2 Å². The van der Waals surface area contributed by atoms with E-state index in [0.717, 1.165) is 22.5 Å². The first kappa shape index (κ1) is 19.7. The van der Waals surface area contributed by atoms with Gasteiger partial charge in [-0.15, -0.1) is 0 Å². The van der Waals surface area contributed by atoms with E-state index in [4.69, 9.17) is 16.0 Å². The fraction of sp³-hybridized carbons (Fsp3) is 0.182. The summed E-state index contributed by atoms with van der Waals surface area (Å²) >= 11 is 6.31. The Morgan fingerprint density at radius 2 is 1.97 bits per heavy atom. The van der Waals surface area contributed by atoms with Crippen molar-refractivity contribution in [1.29, 1.82) is 0 Å². The molecule has 1 aromatic carbocycles. The molecular formula is C22H15ClF3N3O2. The number of aromatic nitrogens is 2. The van der Waals surface area contributed by atoms with Crippen molar-refractivity contribution >= 4 is 23.2 Å². The van der Waals surface area contributed by atoms with Gasteiger partial charge >= 0.3 is 6.18 Å². The molecule has 0 unspecified atom stereocenters. The van der Waals surface area contributed by atoms with Crippen LogP contribution in [0.1, 0.15) is 34.0 Å². The van der Waals surface area contributed by atoms with Crippen molar-refractivity contribution in [1.82, 2.24) is 14.7 Å². The maximum Gasteiger partial charge on any atom is 0.420 e. The number of imidazole rings is 1. The fourth-order valence-electron chi connectivity index (χ4n) is 3.71. The third kappa shape index (κ3) is 3.57. The highest BCUT2D eigenvalue weighted by Crippen LogP contribution is 2.41. The second-order valence-electron chi connectivity index (χ2n) is 7.40. The van der Waals surface area contributed by atoms with E-state index >= 15 is 0 Å². The zero-order chi connectivity index (χ0) is 21.8. The molecule has 1 aliphatic rings. The Balaban J connectivity index is 1.50. The van der Waals surface area contributed by atoms with Crippen LogP contribution >= 0.6 is 11.6 Å². The van der Waals surface area contributed by atoms with Crippen LogP contribution in [0.5, 0.6) is 0 Å². The average molecular weight is 446 g/mol. The molecule has 1 N–H and O–H groups in total. The van der Waals surface area contributed by atoms with E-state index in [1.165, 1.54) is 18.5 Å². The van der Waals surface area contributed by atoms with Crippen molar-refractivity contribution in [3.8, 4) is 11.3 Å². The first-order valence-corrected chi connectivity index (χ1v) is 9.89. The van der Waals surface area contributed by atoms with E-state index in [1.54, 1.807) is 6.07 Å². The van der Waals surface area contributed by atoms with Crippen LogP contribution in [0.25, 0.3) is 17.0 Å². The minimum atomic E-state index is -4.69. The van der Waals surface area contributed by atoms with Crippen molar-refractivity contribution in [2.24, 2.45) is 0 Å². The minimum absolute atomic E-state index is 0.114. The number of rotatable bonds is 4. The number of alkyl halides is 3. The smallest absolute Gasteiger partial charge is 0.420 e. The van der Waals surface area contributed by atoms with Crippen LogP contribution in [-0.2, 0) is 6.18 Å². The van der Waals surface area contributed by atoms with Gasteiger partial charge in [-0.1, -0.05) is 41.9 Å². The lowest BCUT2D eigenvalue weighted by Crippen LogP contribution is -2.27. The summed E-state index contributed by atoms with van der Waals surface area (Å²) in [4.78, 5) is 16.7. The number of nitrogens with one attached hydrogen (secondary N) is 1. The van der Waals surface area contributed by atoms with Crippen molar-refractivity contribution < 1.29 is 22.4 Å². The Bertz CT molecular complexity index is 1270. The molecule has 31 heavy (non-hydrogen) atoms. The molecule has 0 saturated heterocycles. The van der Waals surface area contributed by atoms with Crippen LogP contribution in [0.2, 0.25) is 5.15 Å². The summed E-state index contributed by atoms with van der Waals surface area (Å²) in [5.41, 5.74) is -0.425. The molecule has 3 aromatic heterocycles. The summed E-state index contributed by atoms with van der Waals surface area (Å²) in [6, 6.07) is 13.6. The summed E-state index contributed by atoms with van der Waals surface area (Å²) in [5.74, 6) is -0.200. The zero-order valence-corrected chi connectivity index (χ0v) is 16.6. The lowest BCUT2D eigenvalue weighted by atomic mass is 10.1. The van der Waals surface area contributed by atoms with Crippen LogP contribution in [0.3, 0.4) is 0 Å². The number of pyridine rings is 1. The minimum Gasteiger partial charge on any atom is -0.464 e. The number of hydrogen-bond donors (Lipinski definition) is 1. The van der Waals surface area contributed by atoms with Crippen LogP contribution in [0.4, 0.5) is 13.2 Å². The molecule has 0 spiro atoms. The lowest BCUT2D eigenvalue weighted by molar-refractivity contribution is -0.136. The molecule has 3 heterocycles. The number of carbonyl (C=O) groups is 1. The molecule has 0 bridgehead atoms. The van der Waals surface area contributed by atoms with Gasteiger partial charge in [0.15, 0.2) is 11.3 Å². The van der Waals surface area contributed by atoms with Gasteiger partial charge in [0.1, 0.15) is 10.9 Å². The number of nitrogens with zero attached hydrogens (tertiary/aromatic N) is 2. The van der Waals surface area contributed by atoms with Crippen molar-refractivity contribution in [3.63, 3.8) is 0 Å². The molecule has 5 rings (SSSR count). The van der Waals surface area contributed by atoms with Crippen molar-refractivity contribution in [3.05, 3.63) is 83.0 Å². The molecule has 5 nitrogen and oxygen atoms in total. The summed E-state index contributed by atoms with van der Waals surface area (Å²) in [6.45, 7) is 0. The number of carbonyl (C=O) groups excluding carboxylic acids is 1. The van der Waals surface area contributed by atoms with Gasteiger partial charge in [0.25, 0.3) is 5.91 Å². The Hall–Kier alpha value is -3.26. The van der Waals surface area contributed by atoms with Gasteiger partial charge in [-0.25, -0.2) is 4.98 Å². The average Bonchev–Trinajstić information content (AvgIpc) is 3.14. The second kappa shape index (κ2) is 7.16. The molecule has 9 heteroatoms. The SMILES string of the molecule is O=C(N[C@H]1C[C@@H]1c1ccccc1)c1nc2c(C(F)(F)F)cc(-c3ccco3)cn2c1Cl. The number of fused-ring (bicyclic) bond motifs is 1. The van der Waals surface area contributed by atoms with Crippen LogP contribution < -0.4 is 5.32 Å². The highest BCUT2D eigenvalue weighted by Gasteiger charge is 2.41. The van der Waals surface area contributed by atoms with Gasteiger partial charge in [-0.3, -0.25) is 9.20 Å². The Kier molecular flexibility index (Phi) is 4.55. The number of furan rings is 1. The van der Waals surface area contributed by atoms with E-state index in [9.17, 15) is 18.0 Å². The highest BCUT2D eigenvalue weighted by molar-refractivity contribution is 6.33. The number of halogens is 4. The number of benzene rings is 1. The monoisotopic (exact) mass is 445 g/mol. The predicted octanol–water partition coefficient (Wildman–Crippen LogP) is 5.55. The van der Waals surface area contributed by atoms with Gasteiger partial charge in [0, 0.05) is 23.7 Å². The van der Waals surface area contributed by atoms with Crippen LogP contribution in [-0.4, -0.2) is 21.3 Å². The lowest BCUT2D eigenvalue weighted by Gasteiger charge is -2.10. The third-order valence-corrected chi connectivity index (χ3v) is 5.68. The van der Waals surface area contributed by atoms with E-state index in [0.29, 0.717) is 0 Å². The molecule has 1 aliphatic carbocycles. The molecule has 158 valence electrons.